The number of nitrogens with zero attached hydrogens (tertiary/aromatic N) is 1. The van der Waals surface area contributed by atoms with Crippen molar-refractivity contribution in [2.45, 2.75) is 102 Å². The number of amides is 2. The van der Waals surface area contributed by atoms with Gasteiger partial charge in [-0.25, -0.2) is 0 Å². The summed E-state index contributed by atoms with van der Waals surface area (Å²) in [6.45, 7) is 6.78. The number of aliphatic hydroxyl groups is 2. The molecule has 2 amide bonds. The number of carbonyl (C=O) groups is 2. The number of aliphatic hydroxyl groups excluding tert-OH is 2. The Balaban J connectivity index is 1.50. The van der Waals surface area contributed by atoms with Crippen molar-refractivity contribution in [1.82, 2.24) is 15.5 Å². The van der Waals surface area contributed by atoms with Crippen LogP contribution in [0.2, 0.25) is 0 Å². The molecule has 2 aromatic rings. The van der Waals surface area contributed by atoms with Crippen molar-refractivity contribution in [1.29, 1.82) is 0 Å². The van der Waals surface area contributed by atoms with E-state index in [0.717, 1.165) is 54.9 Å². The van der Waals surface area contributed by atoms with Crippen LogP contribution in [0.25, 0.3) is 10.8 Å². The summed E-state index contributed by atoms with van der Waals surface area (Å²) in [6, 6.07) is 12.6. The number of rotatable bonds is 18. The number of unbranched alkanes of at least 4 members (excludes halogenated alkanes) is 1. The Morgan fingerprint density at radius 2 is 1.70 bits per heavy atom. The first-order valence-electron chi connectivity index (χ1n) is 17.9. The van der Waals surface area contributed by atoms with Crippen LogP contribution in [-0.4, -0.2) is 99.8 Å². The van der Waals surface area contributed by atoms with Crippen molar-refractivity contribution < 1.29 is 28.7 Å². The minimum atomic E-state index is -1.18. The molecule has 0 aromatic heterocycles. The van der Waals surface area contributed by atoms with E-state index in [4.69, 9.17) is 4.74 Å². The van der Waals surface area contributed by atoms with Crippen molar-refractivity contribution in [2.24, 2.45) is 11.8 Å². The van der Waals surface area contributed by atoms with E-state index in [1.165, 1.54) is 6.42 Å². The molecule has 47 heavy (non-hydrogen) atoms. The second-order valence-corrected chi connectivity index (χ2v) is 15.3. The molecule has 9 nitrogen and oxygen atoms in total. The van der Waals surface area contributed by atoms with Crippen LogP contribution in [0.4, 0.5) is 0 Å². The fourth-order valence-electron chi connectivity index (χ4n) is 7.05. The van der Waals surface area contributed by atoms with Gasteiger partial charge >= 0.3 is 0 Å². The molecule has 4 rings (SSSR count). The Bertz CT molecular complexity index is 1280. The minimum absolute atomic E-state index is 0.213. The molecule has 1 unspecified atom stereocenters. The lowest BCUT2D eigenvalue weighted by atomic mass is 9.83. The van der Waals surface area contributed by atoms with Crippen LogP contribution in [0.5, 0.6) is 0 Å². The molecular weight excluding hydrogens is 614 g/mol. The number of β-amino-alcohol motifs (C(OH)–C–C–N with tert-alkyl or cyclic N) is 1. The molecule has 2 aromatic carbocycles. The van der Waals surface area contributed by atoms with E-state index in [2.05, 4.69) is 15.5 Å². The topological polar surface area (TPSA) is 128 Å². The smallest absolute Gasteiger partial charge is 0.242 e. The van der Waals surface area contributed by atoms with Crippen LogP contribution in [-0.2, 0) is 31.5 Å². The molecule has 0 spiro atoms. The molecule has 1 saturated carbocycles. The number of morpholine rings is 1. The summed E-state index contributed by atoms with van der Waals surface area (Å²) >= 11 is 0. The number of hydrogen-bond acceptors (Lipinski definition) is 7. The molecular formula is C37H57N3O6S. The zero-order chi connectivity index (χ0) is 33.6. The molecule has 0 bridgehead atoms. The fourth-order valence-corrected chi connectivity index (χ4v) is 8.00. The highest BCUT2D eigenvalue weighted by Gasteiger charge is 2.34. The van der Waals surface area contributed by atoms with Gasteiger partial charge in [-0.2, -0.15) is 0 Å². The van der Waals surface area contributed by atoms with E-state index in [0.29, 0.717) is 63.8 Å². The van der Waals surface area contributed by atoms with Crippen molar-refractivity contribution in [3.05, 3.63) is 48.0 Å². The predicted octanol–water partition coefficient (Wildman–Crippen LogP) is 3.95. The van der Waals surface area contributed by atoms with E-state index in [-0.39, 0.29) is 17.6 Å². The van der Waals surface area contributed by atoms with Crippen LogP contribution in [0.15, 0.2) is 42.5 Å². The Labute approximate surface area is 283 Å². The molecule has 2 fully saturated rings. The molecule has 262 valence electrons. The van der Waals surface area contributed by atoms with Crippen LogP contribution in [0, 0.1) is 11.8 Å². The lowest BCUT2D eigenvalue weighted by molar-refractivity contribution is -0.132. The lowest BCUT2D eigenvalue weighted by Gasteiger charge is -2.35. The average Bonchev–Trinajstić information content (AvgIpc) is 3.09. The normalized spacial score (nSPS) is 20.2. The van der Waals surface area contributed by atoms with Crippen LogP contribution < -0.4 is 10.6 Å². The number of ether oxygens (including phenoxy) is 1. The van der Waals surface area contributed by atoms with Gasteiger partial charge in [-0.15, -0.1) is 0 Å². The van der Waals surface area contributed by atoms with Gasteiger partial charge in [0.2, 0.25) is 11.8 Å². The maximum atomic E-state index is 14.0. The van der Waals surface area contributed by atoms with Gasteiger partial charge in [0.25, 0.3) is 0 Å². The van der Waals surface area contributed by atoms with Gasteiger partial charge in [0.05, 0.1) is 31.3 Å². The first-order valence-corrected chi connectivity index (χ1v) is 19.4. The van der Waals surface area contributed by atoms with E-state index in [1.807, 2.05) is 56.3 Å². The largest absolute Gasteiger partial charge is 0.389 e. The third kappa shape index (κ3) is 11.6. The Morgan fingerprint density at radius 1 is 0.979 bits per heavy atom. The molecule has 0 radical (unpaired) electrons. The maximum absolute atomic E-state index is 14.0. The van der Waals surface area contributed by atoms with E-state index in [1.54, 1.807) is 0 Å². The number of fused-ring (bicyclic) bond motifs is 1. The van der Waals surface area contributed by atoms with Gasteiger partial charge in [-0.3, -0.25) is 18.7 Å². The first kappa shape index (κ1) is 37.4. The summed E-state index contributed by atoms with van der Waals surface area (Å²) in [7, 11) is -1.18. The number of benzene rings is 2. The van der Waals surface area contributed by atoms with Crippen LogP contribution >= 0.6 is 0 Å². The zero-order valence-corrected chi connectivity index (χ0v) is 29.2. The van der Waals surface area contributed by atoms with E-state index >= 15 is 0 Å². The van der Waals surface area contributed by atoms with Gasteiger partial charge in [0.1, 0.15) is 12.1 Å². The molecule has 4 N–H and O–H groups in total. The summed E-state index contributed by atoms with van der Waals surface area (Å²) < 4.78 is 18.2. The first-order chi connectivity index (χ1) is 22.8. The second-order valence-electron chi connectivity index (χ2n) is 13.5. The van der Waals surface area contributed by atoms with Crippen molar-refractivity contribution in [2.75, 3.05) is 44.4 Å². The highest BCUT2D eigenvalue weighted by atomic mass is 32.2. The van der Waals surface area contributed by atoms with Gasteiger partial charge in [-0.1, -0.05) is 101 Å². The number of nitrogens with one attached hydrogen (secondary N) is 2. The van der Waals surface area contributed by atoms with Crippen molar-refractivity contribution in [3.63, 3.8) is 0 Å². The molecule has 2 aliphatic rings. The number of hydrogen-bond donors (Lipinski definition) is 4. The summed E-state index contributed by atoms with van der Waals surface area (Å²) in [5.74, 6) is -0.176. The third-order valence-corrected chi connectivity index (χ3v) is 11.3. The SMILES string of the molecule is CCCC[C@H](NC(=O)[C@H](Cc1cccc2ccccc12)CS(=O)CC)C(=O)N[C@@H](CC1CCCCC1)[C@@H](O)[C@@H](O)CN1CCOCC1. The van der Waals surface area contributed by atoms with Crippen molar-refractivity contribution >= 4 is 33.4 Å². The monoisotopic (exact) mass is 671 g/mol. The highest BCUT2D eigenvalue weighted by molar-refractivity contribution is 7.84. The minimum Gasteiger partial charge on any atom is -0.389 e. The van der Waals surface area contributed by atoms with Gasteiger partial charge in [-0.05, 0) is 41.5 Å². The fraction of sp³-hybridized carbons (Fsp3) is 0.676. The number of carbonyl (C=O) groups excluding carboxylic acids is 2. The maximum Gasteiger partial charge on any atom is 0.242 e. The summed E-state index contributed by atoms with van der Waals surface area (Å²) in [4.78, 5) is 30.0. The summed E-state index contributed by atoms with van der Waals surface area (Å²) in [6.07, 6.45) is 6.41. The van der Waals surface area contributed by atoms with Gasteiger partial charge < -0.3 is 25.6 Å². The summed E-state index contributed by atoms with van der Waals surface area (Å²) in [5, 5.41) is 30.8. The lowest BCUT2D eigenvalue weighted by Crippen LogP contribution is -2.57. The Kier molecular flexibility index (Phi) is 15.6. The van der Waals surface area contributed by atoms with E-state index < -0.39 is 41.0 Å². The molecule has 1 saturated heterocycles. The van der Waals surface area contributed by atoms with E-state index in [9.17, 15) is 24.0 Å². The zero-order valence-electron chi connectivity index (χ0n) is 28.4. The Morgan fingerprint density at radius 3 is 2.43 bits per heavy atom. The highest BCUT2D eigenvalue weighted by Crippen LogP contribution is 2.29. The van der Waals surface area contributed by atoms with Crippen LogP contribution in [0.1, 0.15) is 77.2 Å². The molecule has 1 heterocycles. The molecule has 1 aliphatic heterocycles. The van der Waals surface area contributed by atoms with Gasteiger partial charge in [0.15, 0.2) is 0 Å². The molecule has 6 atom stereocenters. The molecule has 1 aliphatic carbocycles. The van der Waals surface area contributed by atoms with Crippen LogP contribution in [0.3, 0.4) is 0 Å². The Hall–Kier alpha value is -2.37. The quantitative estimate of drug-likeness (QED) is 0.189. The third-order valence-electron chi connectivity index (χ3n) is 9.90. The standard InChI is InChI=1S/C37H57N3O6S/c1-3-5-18-32(38-36(43)30(26-47(45)4-2)24-29-16-11-15-28-14-9-10-17-31(28)29)37(44)39-33(23-27-12-7-6-8-13-27)35(42)34(41)25-40-19-21-46-22-20-40/h9-11,14-17,27,30,32-35,41-42H,3-8,12-13,18-26H2,1-2H3,(H,38,43)(H,39,44)/t30-,32+,33+,34+,35-,47?/m1/s1. The van der Waals surface area contributed by atoms with Crippen molar-refractivity contribution in [3.8, 4) is 0 Å². The van der Waals surface area contributed by atoms with Gasteiger partial charge in [0, 0.05) is 41.9 Å². The second kappa shape index (κ2) is 19.6. The predicted molar refractivity (Wildman–Crippen MR) is 189 cm³/mol. The average molecular weight is 672 g/mol. The summed E-state index contributed by atoms with van der Waals surface area (Å²) in [5.41, 5.74) is 1.01. The molecule has 10 heteroatoms.